The molecule has 27 heavy (non-hydrogen) atoms. The van der Waals surface area contributed by atoms with E-state index >= 15 is 0 Å². The Morgan fingerprint density at radius 1 is 0.704 bits per heavy atom. The zero-order chi connectivity index (χ0) is 20.0. The average Bonchev–Trinajstić information content (AvgIpc) is 2.98. The van der Waals surface area contributed by atoms with E-state index in [2.05, 4.69) is 34.6 Å². The van der Waals surface area contributed by atoms with Gasteiger partial charge in [0.1, 0.15) is 6.10 Å². The molecule has 1 unspecified atom stereocenters. The normalized spacial score (nSPS) is 19.7. The molecule has 0 saturated carbocycles. The van der Waals surface area contributed by atoms with Crippen LogP contribution in [0.25, 0.3) is 0 Å². The SMILES string of the molecule is CCCCCC[P+](CCCCCC)(CCCCCC)CC1COC(C)(C)O1. The van der Waals surface area contributed by atoms with Crippen LogP contribution in [0.1, 0.15) is 112 Å². The van der Waals surface area contributed by atoms with Crippen molar-refractivity contribution in [3.63, 3.8) is 0 Å². The second-order valence-electron chi connectivity index (χ2n) is 9.33. The molecule has 0 spiro atoms. The molecule has 1 fully saturated rings. The number of hydrogen-bond acceptors (Lipinski definition) is 2. The van der Waals surface area contributed by atoms with Gasteiger partial charge in [0, 0.05) is 7.26 Å². The van der Waals surface area contributed by atoms with Crippen molar-refractivity contribution >= 4 is 7.26 Å². The maximum Gasteiger partial charge on any atom is 0.163 e. The highest BCUT2D eigenvalue weighted by Crippen LogP contribution is 2.62. The van der Waals surface area contributed by atoms with Crippen LogP contribution in [0.5, 0.6) is 0 Å². The Morgan fingerprint density at radius 2 is 1.15 bits per heavy atom. The second-order valence-corrected chi connectivity index (χ2v) is 13.7. The zero-order valence-electron chi connectivity index (χ0n) is 19.4. The molecule has 0 radical (unpaired) electrons. The summed E-state index contributed by atoms with van der Waals surface area (Å²) in [4.78, 5) is 0. The largest absolute Gasteiger partial charge is 0.348 e. The van der Waals surface area contributed by atoms with E-state index in [1.165, 1.54) is 102 Å². The number of unbranched alkanes of at least 4 members (excludes halogenated alkanes) is 9. The van der Waals surface area contributed by atoms with Crippen molar-refractivity contribution in [2.45, 2.75) is 124 Å². The van der Waals surface area contributed by atoms with Gasteiger partial charge in [-0.1, -0.05) is 59.3 Å². The summed E-state index contributed by atoms with van der Waals surface area (Å²) in [5.41, 5.74) is 0. The van der Waals surface area contributed by atoms with Crippen LogP contribution in [-0.4, -0.2) is 43.1 Å². The summed E-state index contributed by atoms with van der Waals surface area (Å²) < 4.78 is 12.2. The van der Waals surface area contributed by atoms with Crippen LogP contribution in [0.2, 0.25) is 0 Å². The van der Waals surface area contributed by atoms with Gasteiger partial charge in [-0.05, 0) is 52.4 Å². The van der Waals surface area contributed by atoms with Crippen molar-refractivity contribution in [1.29, 1.82) is 0 Å². The van der Waals surface area contributed by atoms with Crippen LogP contribution >= 0.6 is 7.26 Å². The number of rotatable bonds is 17. The molecule has 162 valence electrons. The molecular formula is C24H50O2P+. The highest BCUT2D eigenvalue weighted by molar-refractivity contribution is 7.75. The Kier molecular flexibility index (Phi) is 13.5. The van der Waals surface area contributed by atoms with Gasteiger partial charge in [0.05, 0.1) is 31.3 Å². The molecule has 3 heteroatoms. The molecule has 1 atom stereocenters. The highest BCUT2D eigenvalue weighted by atomic mass is 31.2. The lowest BCUT2D eigenvalue weighted by molar-refractivity contribution is -0.135. The van der Waals surface area contributed by atoms with Gasteiger partial charge in [-0.15, -0.1) is 0 Å². The first-order valence-electron chi connectivity index (χ1n) is 12.1. The molecule has 0 amide bonds. The molecule has 0 aromatic carbocycles. The van der Waals surface area contributed by atoms with E-state index in [1.807, 2.05) is 0 Å². The van der Waals surface area contributed by atoms with E-state index in [-0.39, 0.29) is 5.79 Å². The van der Waals surface area contributed by atoms with E-state index < -0.39 is 7.26 Å². The Morgan fingerprint density at radius 3 is 1.48 bits per heavy atom. The van der Waals surface area contributed by atoms with Crippen LogP contribution in [0.4, 0.5) is 0 Å². The summed E-state index contributed by atoms with van der Waals surface area (Å²) in [7, 11) is -0.927. The topological polar surface area (TPSA) is 18.5 Å². The third-order valence-electron chi connectivity index (χ3n) is 6.12. The summed E-state index contributed by atoms with van der Waals surface area (Å²) in [6, 6.07) is 0. The predicted octanol–water partition coefficient (Wildman–Crippen LogP) is 7.90. The van der Waals surface area contributed by atoms with Crippen molar-refractivity contribution in [3.05, 3.63) is 0 Å². The zero-order valence-corrected chi connectivity index (χ0v) is 20.3. The van der Waals surface area contributed by atoms with Crippen molar-refractivity contribution in [2.75, 3.05) is 31.3 Å². The molecule has 0 aromatic rings. The maximum atomic E-state index is 6.29. The minimum atomic E-state index is -0.927. The first kappa shape index (κ1) is 25.4. The van der Waals surface area contributed by atoms with Gasteiger partial charge in [-0.2, -0.15) is 0 Å². The van der Waals surface area contributed by atoms with E-state index in [1.54, 1.807) is 0 Å². The molecule has 0 N–H and O–H groups in total. The monoisotopic (exact) mass is 401 g/mol. The molecule has 2 nitrogen and oxygen atoms in total. The van der Waals surface area contributed by atoms with Gasteiger partial charge in [-0.25, -0.2) is 0 Å². The molecule has 1 saturated heterocycles. The lowest BCUT2D eigenvalue weighted by atomic mass is 10.2. The number of hydrogen-bond donors (Lipinski definition) is 0. The van der Waals surface area contributed by atoms with Crippen LogP contribution < -0.4 is 0 Å². The summed E-state index contributed by atoms with van der Waals surface area (Å²) in [5.74, 6) is -0.368. The third-order valence-corrected chi connectivity index (χ3v) is 11.1. The van der Waals surface area contributed by atoms with Gasteiger partial charge in [0.15, 0.2) is 5.79 Å². The van der Waals surface area contributed by atoms with E-state index in [0.717, 1.165) is 6.61 Å². The van der Waals surface area contributed by atoms with Crippen molar-refractivity contribution in [2.24, 2.45) is 0 Å². The summed E-state index contributed by atoms with van der Waals surface area (Å²) >= 11 is 0. The molecule has 0 aromatic heterocycles. The summed E-state index contributed by atoms with van der Waals surface area (Å²) in [5, 5.41) is 0. The van der Waals surface area contributed by atoms with E-state index in [0.29, 0.717) is 6.10 Å². The molecule has 1 rings (SSSR count). The van der Waals surface area contributed by atoms with Crippen molar-refractivity contribution < 1.29 is 9.47 Å². The fraction of sp³-hybridized carbons (Fsp3) is 1.00. The first-order valence-corrected chi connectivity index (χ1v) is 14.7. The van der Waals surface area contributed by atoms with Gasteiger partial charge < -0.3 is 9.47 Å². The highest BCUT2D eigenvalue weighted by Gasteiger charge is 2.43. The van der Waals surface area contributed by atoms with E-state index in [9.17, 15) is 0 Å². The minimum Gasteiger partial charge on any atom is -0.348 e. The van der Waals surface area contributed by atoms with Crippen molar-refractivity contribution in [1.82, 2.24) is 0 Å². The average molecular weight is 402 g/mol. The van der Waals surface area contributed by atoms with Crippen LogP contribution in [0.3, 0.4) is 0 Å². The third kappa shape index (κ3) is 11.2. The molecule has 0 aliphatic carbocycles. The number of ether oxygens (including phenoxy) is 2. The molecule has 1 heterocycles. The minimum absolute atomic E-state index is 0.344. The molecule has 1 aliphatic heterocycles. The standard InChI is InChI=1S/C24H50O2P/c1-6-9-12-15-18-27(19-16-13-10-7-2,20-17-14-11-8-3)22-23-21-25-24(4,5)26-23/h23H,6-22H2,1-5H3/q+1. The smallest absolute Gasteiger partial charge is 0.163 e. The molecule has 1 aliphatic rings. The predicted molar refractivity (Wildman–Crippen MR) is 124 cm³/mol. The summed E-state index contributed by atoms with van der Waals surface area (Å²) in [6.07, 6.45) is 23.0. The van der Waals surface area contributed by atoms with Gasteiger partial charge in [0.25, 0.3) is 0 Å². The fourth-order valence-corrected chi connectivity index (χ4v) is 9.46. The molecule has 0 bridgehead atoms. The molecular weight excluding hydrogens is 351 g/mol. The lowest BCUT2D eigenvalue weighted by Gasteiger charge is -2.30. The maximum absolute atomic E-state index is 6.29. The van der Waals surface area contributed by atoms with Crippen LogP contribution in [0.15, 0.2) is 0 Å². The van der Waals surface area contributed by atoms with Gasteiger partial charge >= 0.3 is 0 Å². The second kappa shape index (κ2) is 14.4. The van der Waals surface area contributed by atoms with Crippen LogP contribution in [-0.2, 0) is 9.47 Å². The Labute approximate surface area is 171 Å². The first-order chi connectivity index (χ1) is 13.0. The van der Waals surface area contributed by atoms with Crippen molar-refractivity contribution in [3.8, 4) is 0 Å². The lowest BCUT2D eigenvalue weighted by Crippen LogP contribution is -2.26. The Bertz CT molecular complexity index is 325. The summed E-state index contributed by atoms with van der Waals surface area (Å²) in [6.45, 7) is 11.9. The van der Waals surface area contributed by atoms with Gasteiger partial charge in [-0.3, -0.25) is 0 Å². The Balaban J connectivity index is 2.72. The van der Waals surface area contributed by atoms with Crippen LogP contribution in [0, 0.1) is 0 Å². The Hall–Kier alpha value is 0.350. The van der Waals surface area contributed by atoms with E-state index in [4.69, 9.17) is 9.47 Å². The fourth-order valence-electron chi connectivity index (χ4n) is 4.52. The van der Waals surface area contributed by atoms with Gasteiger partial charge in [0.2, 0.25) is 0 Å². The quantitative estimate of drug-likeness (QED) is 0.182.